The number of carbonyl (C=O) groups excluding carboxylic acids is 1. The summed E-state index contributed by atoms with van der Waals surface area (Å²) in [5, 5.41) is 24.3. The fourth-order valence-electron chi connectivity index (χ4n) is 4.00. The Labute approximate surface area is 175 Å². The molecule has 2 aromatic rings. The van der Waals surface area contributed by atoms with Crippen LogP contribution in [0, 0.1) is 5.82 Å². The molecule has 1 aromatic heterocycles. The van der Waals surface area contributed by atoms with Crippen LogP contribution in [-0.4, -0.2) is 51.0 Å². The molecule has 3 aliphatic rings. The first-order chi connectivity index (χ1) is 14.8. The summed E-state index contributed by atoms with van der Waals surface area (Å²) >= 11 is 0. The highest BCUT2D eigenvalue weighted by atomic mass is 19.1. The maximum absolute atomic E-state index is 13.0. The molecular weight excluding hydrogens is 411 g/mol. The molecule has 2 unspecified atom stereocenters. The van der Waals surface area contributed by atoms with E-state index in [1.807, 2.05) is 0 Å². The van der Waals surface area contributed by atoms with Gasteiger partial charge in [0.2, 0.25) is 5.75 Å². The zero-order valence-corrected chi connectivity index (χ0v) is 16.4. The summed E-state index contributed by atoms with van der Waals surface area (Å²) < 4.78 is 20.1. The van der Waals surface area contributed by atoms with Gasteiger partial charge in [-0.2, -0.15) is 0 Å². The van der Waals surface area contributed by atoms with Crippen molar-refractivity contribution >= 4 is 12.0 Å². The number of nitrogens with one attached hydrogen (secondary N) is 2. The molecule has 1 fully saturated rings. The highest BCUT2D eigenvalue weighted by Crippen LogP contribution is 2.37. The van der Waals surface area contributed by atoms with Crippen molar-refractivity contribution in [2.75, 3.05) is 13.2 Å². The van der Waals surface area contributed by atoms with Crippen LogP contribution in [0.2, 0.25) is 0 Å². The molecule has 10 nitrogen and oxygen atoms in total. The molecule has 4 heterocycles. The Morgan fingerprint density at radius 3 is 2.68 bits per heavy atom. The van der Waals surface area contributed by atoms with Gasteiger partial charge in [0, 0.05) is 13.1 Å². The number of aromatic nitrogens is 2. The SMILES string of the molecule is O=C(O)NCC12CCC(Cn3c1nc(C(=O)NCc1ccc(F)cc1)c(O)c3=O)OC2. The molecule has 1 aromatic carbocycles. The van der Waals surface area contributed by atoms with Gasteiger partial charge in [-0.3, -0.25) is 14.2 Å². The number of hydrogen-bond acceptors (Lipinski definition) is 6. The lowest BCUT2D eigenvalue weighted by atomic mass is 9.81. The molecule has 1 saturated heterocycles. The number of aromatic hydroxyl groups is 1. The lowest BCUT2D eigenvalue weighted by Crippen LogP contribution is -2.48. The van der Waals surface area contributed by atoms with E-state index in [2.05, 4.69) is 15.6 Å². The standard InChI is InChI=1S/C20H21FN4O6/c21-12-3-1-11(2-4-12)7-22-16(27)14-15(26)17(28)25-8-13-5-6-20(10-31-13,18(25)24-14)9-23-19(29)30/h1-4,13,23,26H,5-10H2,(H,22,27)(H,29,30). The van der Waals surface area contributed by atoms with Crippen molar-refractivity contribution in [1.29, 1.82) is 0 Å². The van der Waals surface area contributed by atoms with E-state index in [1.54, 1.807) is 0 Å². The highest BCUT2D eigenvalue weighted by Gasteiger charge is 2.46. The lowest BCUT2D eigenvalue weighted by molar-refractivity contribution is -0.0242. The summed E-state index contributed by atoms with van der Waals surface area (Å²) in [4.78, 5) is 41.0. The highest BCUT2D eigenvalue weighted by molar-refractivity contribution is 5.94. The van der Waals surface area contributed by atoms with Crippen molar-refractivity contribution in [2.24, 2.45) is 0 Å². The molecule has 4 N–H and O–H groups in total. The number of amides is 2. The van der Waals surface area contributed by atoms with Crippen molar-refractivity contribution in [2.45, 2.75) is 37.5 Å². The van der Waals surface area contributed by atoms with Crippen molar-refractivity contribution in [3.63, 3.8) is 0 Å². The normalized spacial score (nSPS) is 21.8. The lowest BCUT2D eigenvalue weighted by Gasteiger charge is -2.35. The average Bonchev–Trinajstić information content (AvgIpc) is 3.01. The number of fused-ring (bicyclic) bond motifs is 2. The van der Waals surface area contributed by atoms with Crippen LogP contribution < -0.4 is 16.2 Å². The third kappa shape index (κ3) is 3.96. The van der Waals surface area contributed by atoms with Crippen LogP contribution in [0.3, 0.4) is 0 Å². The molecule has 0 radical (unpaired) electrons. The van der Waals surface area contributed by atoms with Gasteiger partial charge in [-0.05, 0) is 30.5 Å². The summed E-state index contributed by atoms with van der Waals surface area (Å²) in [5.41, 5.74) is -1.55. The Morgan fingerprint density at radius 2 is 2.03 bits per heavy atom. The molecule has 0 saturated carbocycles. The maximum Gasteiger partial charge on any atom is 0.404 e. The van der Waals surface area contributed by atoms with Crippen LogP contribution in [0.5, 0.6) is 5.75 Å². The van der Waals surface area contributed by atoms with Crippen molar-refractivity contribution < 1.29 is 28.9 Å². The Kier molecular flexibility index (Phi) is 5.36. The molecule has 0 aliphatic carbocycles. The number of carbonyl (C=O) groups is 2. The van der Waals surface area contributed by atoms with Crippen LogP contribution in [0.15, 0.2) is 29.1 Å². The molecular formula is C20H21FN4O6. The quantitative estimate of drug-likeness (QED) is 0.545. The van der Waals surface area contributed by atoms with E-state index in [9.17, 15) is 23.9 Å². The monoisotopic (exact) mass is 432 g/mol. The van der Waals surface area contributed by atoms with Gasteiger partial charge in [-0.15, -0.1) is 0 Å². The molecule has 164 valence electrons. The van der Waals surface area contributed by atoms with Crippen LogP contribution >= 0.6 is 0 Å². The summed E-state index contributed by atoms with van der Waals surface area (Å²) in [6, 6.07) is 5.50. The topological polar surface area (TPSA) is 143 Å². The molecule has 0 spiro atoms. The van der Waals surface area contributed by atoms with Gasteiger partial charge in [0.05, 0.1) is 24.7 Å². The van der Waals surface area contributed by atoms with E-state index in [-0.39, 0.29) is 38.2 Å². The zero-order chi connectivity index (χ0) is 22.2. The molecule has 11 heteroatoms. The third-order valence-corrected chi connectivity index (χ3v) is 5.71. The summed E-state index contributed by atoms with van der Waals surface area (Å²) in [7, 11) is 0. The van der Waals surface area contributed by atoms with E-state index >= 15 is 0 Å². The Morgan fingerprint density at radius 1 is 1.29 bits per heavy atom. The molecule has 31 heavy (non-hydrogen) atoms. The van der Waals surface area contributed by atoms with Crippen LogP contribution in [0.4, 0.5) is 9.18 Å². The number of carboxylic acid groups (broad SMARTS) is 1. The fourth-order valence-corrected chi connectivity index (χ4v) is 4.00. The second-order valence-corrected chi connectivity index (χ2v) is 7.77. The predicted molar refractivity (Wildman–Crippen MR) is 104 cm³/mol. The third-order valence-electron chi connectivity index (χ3n) is 5.71. The van der Waals surface area contributed by atoms with E-state index in [0.717, 1.165) is 0 Å². The fraction of sp³-hybridized carbons (Fsp3) is 0.400. The molecule has 5 rings (SSSR count). The largest absolute Gasteiger partial charge is 0.501 e. The van der Waals surface area contributed by atoms with Crippen LogP contribution in [-0.2, 0) is 23.2 Å². The van der Waals surface area contributed by atoms with E-state index in [1.165, 1.54) is 28.8 Å². The minimum Gasteiger partial charge on any atom is -0.501 e. The molecule has 2 bridgehead atoms. The number of rotatable bonds is 5. The van der Waals surface area contributed by atoms with Gasteiger partial charge < -0.3 is 25.6 Å². The summed E-state index contributed by atoms with van der Waals surface area (Å²) in [6.45, 7) is 0.269. The number of ether oxygens (including phenoxy) is 1. The molecule has 3 aliphatic heterocycles. The van der Waals surface area contributed by atoms with E-state index in [0.29, 0.717) is 18.4 Å². The second kappa shape index (κ2) is 7.99. The van der Waals surface area contributed by atoms with Gasteiger partial charge >= 0.3 is 6.09 Å². The minimum absolute atomic E-state index is 0.0373. The Balaban J connectivity index is 1.68. The van der Waals surface area contributed by atoms with Gasteiger partial charge in [0.25, 0.3) is 11.5 Å². The van der Waals surface area contributed by atoms with Crippen LogP contribution in [0.1, 0.15) is 34.7 Å². The predicted octanol–water partition coefficient (Wildman–Crippen LogP) is 0.716. The number of benzene rings is 1. The van der Waals surface area contributed by atoms with Gasteiger partial charge in [-0.25, -0.2) is 14.2 Å². The Bertz CT molecular complexity index is 1080. The second-order valence-electron chi connectivity index (χ2n) is 7.77. The van der Waals surface area contributed by atoms with Crippen molar-refractivity contribution in [1.82, 2.24) is 20.2 Å². The van der Waals surface area contributed by atoms with Gasteiger partial charge in [0.15, 0.2) is 5.69 Å². The summed E-state index contributed by atoms with van der Waals surface area (Å²) in [6.07, 6.45) is -0.412. The molecule has 2 atom stereocenters. The zero-order valence-electron chi connectivity index (χ0n) is 16.4. The minimum atomic E-state index is -1.23. The first-order valence-corrected chi connectivity index (χ1v) is 9.74. The number of nitrogens with zero attached hydrogens (tertiary/aromatic N) is 2. The number of hydrogen-bond donors (Lipinski definition) is 4. The first-order valence-electron chi connectivity index (χ1n) is 9.74. The summed E-state index contributed by atoms with van der Waals surface area (Å²) in [5.74, 6) is -1.77. The number of halogens is 1. The average molecular weight is 432 g/mol. The first kappa shape index (κ1) is 20.8. The smallest absolute Gasteiger partial charge is 0.404 e. The van der Waals surface area contributed by atoms with E-state index in [4.69, 9.17) is 9.84 Å². The van der Waals surface area contributed by atoms with Gasteiger partial charge in [0.1, 0.15) is 11.6 Å². The van der Waals surface area contributed by atoms with Crippen molar-refractivity contribution in [3.8, 4) is 5.75 Å². The van der Waals surface area contributed by atoms with Crippen molar-refractivity contribution in [3.05, 3.63) is 57.5 Å². The Hall–Kier alpha value is -3.47. The maximum atomic E-state index is 13.0. The van der Waals surface area contributed by atoms with Crippen LogP contribution in [0.25, 0.3) is 0 Å². The van der Waals surface area contributed by atoms with E-state index < -0.39 is 40.2 Å². The van der Waals surface area contributed by atoms with Gasteiger partial charge in [-0.1, -0.05) is 12.1 Å². The molecule has 2 amide bonds.